The third-order valence-corrected chi connectivity index (χ3v) is 4.85. The fourth-order valence-electron chi connectivity index (χ4n) is 3.31. The molecule has 0 spiro atoms. The van der Waals surface area contributed by atoms with Gasteiger partial charge in [0.2, 0.25) is 5.91 Å². The van der Waals surface area contributed by atoms with Crippen molar-refractivity contribution in [3.63, 3.8) is 0 Å². The quantitative estimate of drug-likeness (QED) is 0.866. The largest absolute Gasteiger partial charge is 0.497 e. The molecular formula is C19H25N3O2. The average molecular weight is 327 g/mol. The maximum Gasteiger partial charge on any atom is 0.229 e. The zero-order valence-corrected chi connectivity index (χ0v) is 14.6. The van der Waals surface area contributed by atoms with Gasteiger partial charge in [0.25, 0.3) is 0 Å². The van der Waals surface area contributed by atoms with Crippen molar-refractivity contribution < 1.29 is 9.53 Å². The van der Waals surface area contributed by atoms with E-state index >= 15 is 0 Å². The molecule has 1 aliphatic heterocycles. The monoisotopic (exact) mass is 327 g/mol. The van der Waals surface area contributed by atoms with Crippen molar-refractivity contribution in [3.05, 3.63) is 47.8 Å². The minimum Gasteiger partial charge on any atom is -0.497 e. The van der Waals surface area contributed by atoms with Gasteiger partial charge in [0.1, 0.15) is 5.75 Å². The van der Waals surface area contributed by atoms with E-state index in [1.165, 1.54) is 5.56 Å². The van der Waals surface area contributed by atoms with Crippen LogP contribution in [0.2, 0.25) is 0 Å². The van der Waals surface area contributed by atoms with E-state index in [2.05, 4.69) is 18.2 Å². The molecule has 1 aromatic heterocycles. The number of likely N-dealkylation sites (tertiary alicyclic amines) is 1. The van der Waals surface area contributed by atoms with Crippen molar-refractivity contribution in [1.82, 2.24) is 14.7 Å². The summed E-state index contributed by atoms with van der Waals surface area (Å²) in [6.07, 6.45) is 5.89. The summed E-state index contributed by atoms with van der Waals surface area (Å²) in [7, 11) is 1.65. The van der Waals surface area contributed by atoms with Crippen molar-refractivity contribution >= 4 is 5.91 Å². The topological polar surface area (TPSA) is 47.4 Å². The summed E-state index contributed by atoms with van der Waals surface area (Å²) < 4.78 is 7.30. The summed E-state index contributed by atoms with van der Waals surface area (Å²) in [5.41, 5.74) is 2.18. The van der Waals surface area contributed by atoms with E-state index in [1.54, 1.807) is 7.11 Å². The van der Waals surface area contributed by atoms with Gasteiger partial charge in [0.15, 0.2) is 0 Å². The fraction of sp³-hybridized carbons (Fsp3) is 0.474. The Morgan fingerprint density at radius 1 is 1.33 bits per heavy atom. The molecule has 2 heterocycles. The molecule has 0 aliphatic carbocycles. The number of rotatable bonds is 4. The van der Waals surface area contributed by atoms with Crippen LogP contribution in [0, 0.1) is 6.92 Å². The number of amides is 1. The molecule has 0 bridgehead atoms. The number of aryl methyl sites for hydroxylation is 1. The van der Waals surface area contributed by atoms with Gasteiger partial charge in [-0.3, -0.25) is 9.48 Å². The van der Waals surface area contributed by atoms with Gasteiger partial charge in [0.05, 0.1) is 25.3 Å². The second-order valence-corrected chi connectivity index (χ2v) is 6.55. The Morgan fingerprint density at radius 2 is 2.08 bits per heavy atom. The molecule has 1 saturated heterocycles. The molecule has 1 amide bonds. The third-order valence-electron chi connectivity index (χ3n) is 4.85. The van der Waals surface area contributed by atoms with Crippen molar-refractivity contribution in [2.75, 3.05) is 20.2 Å². The second kappa shape index (κ2) is 7.07. The zero-order chi connectivity index (χ0) is 17.1. The highest BCUT2D eigenvalue weighted by Gasteiger charge is 2.27. The molecule has 3 rings (SSSR count). The van der Waals surface area contributed by atoms with Crippen LogP contribution in [0.25, 0.3) is 0 Å². The predicted molar refractivity (Wildman–Crippen MR) is 93.2 cm³/mol. The number of nitrogens with zero attached hydrogens (tertiary/aromatic N) is 3. The number of piperidine rings is 1. The number of hydrogen-bond acceptors (Lipinski definition) is 3. The summed E-state index contributed by atoms with van der Waals surface area (Å²) in [5, 5.41) is 4.41. The Balaban J connectivity index is 1.62. The van der Waals surface area contributed by atoms with Crippen molar-refractivity contribution in [2.24, 2.45) is 0 Å². The fourth-order valence-corrected chi connectivity index (χ4v) is 3.31. The normalized spacial score (nSPS) is 16.9. The van der Waals surface area contributed by atoms with E-state index in [4.69, 9.17) is 4.74 Å². The first-order valence-electron chi connectivity index (χ1n) is 8.52. The number of ether oxygens (including phenoxy) is 1. The van der Waals surface area contributed by atoms with Crippen LogP contribution < -0.4 is 4.74 Å². The number of carbonyl (C=O) groups excluding carboxylic acids is 1. The Hall–Kier alpha value is -2.30. The first-order valence-corrected chi connectivity index (χ1v) is 8.52. The third kappa shape index (κ3) is 3.45. The van der Waals surface area contributed by atoms with E-state index in [-0.39, 0.29) is 11.8 Å². The minimum absolute atomic E-state index is 0.149. The van der Waals surface area contributed by atoms with Gasteiger partial charge in [-0.1, -0.05) is 12.1 Å². The lowest BCUT2D eigenvalue weighted by Crippen LogP contribution is -2.41. The molecular weight excluding hydrogens is 302 g/mol. The van der Waals surface area contributed by atoms with E-state index in [0.29, 0.717) is 6.04 Å². The zero-order valence-electron chi connectivity index (χ0n) is 14.6. The summed E-state index contributed by atoms with van der Waals surface area (Å²) in [6.45, 7) is 5.60. The molecule has 5 heteroatoms. The average Bonchev–Trinajstić information content (AvgIpc) is 3.07. The van der Waals surface area contributed by atoms with Crippen molar-refractivity contribution in [2.45, 2.75) is 38.6 Å². The molecule has 1 atom stereocenters. The van der Waals surface area contributed by atoms with Crippen LogP contribution in [-0.4, -0.2) is 40.8 Å². The standard InChI is InChI=1S/C19H25N3O2/c1-14-12-20-22(13-14)17-7-9-21(10-8-17)19(23)15(2)16-5-4-6-18(11-16)24-3/h4-6,11-13,15,17H,7-10H2,1-3H3. The van der Waals surface area contributed by atoms with Gasteiger partial charge in [-0.2, -0.15) is 5.10 Å². The highest BCUT2D eigenvalue weighted by Crippen LogP contribution is 2.27. The van der Waals surface area contributed by atoms with Gasteiger partial charge in [-0.25, -0.2) is 0 Å². The summed E-state index contributed by atoms with van der Waals surface area (Å²) >= 11 is 0. The molecule has 1 aromatic carbocycles. The highest BCUT2D eigenvalue weighted by atomic mass is 16.5. The SMILES string of the molecule is COc1cccc(C(C)C(=O)N2CCC(n3cc(C)cn3)CC2)c1. The Kier molecular flexibility index (Phi) is 4.88. The molecule has 2 aromatic rings. The molecule has 1 fully saturated rings. The number of methoxy groups -OCH3 is 1. The van der Waals surface area contributed by atoms with E-state index in [9.17, 15) is 4.79 Å². The highest BCUT2D eigenvalue weighted by molar-refractivity contribution is 5.83. The lowest BCUT2D eigenvalue weighted by Gasteiger charge is -2.33. The first-order chi connectivity index (χ1) is 11.6. The maximum absolute atomic E-state index is 12.8. The molecule has 24 heavy (non-hydrogen) atoms. The Bertz CT molecular complexity index is 702. The number of benzene rings is 1. The molecule has 1 aliphatic rings. The van der Waals surface area contributed by atoms with Gasteiger partial charge in [-0.05, 0) is 49.9 Å². The van der Waals surface area contributed by atoms with Gasteiger partial charge in [0, 0.05) is 19.3 Å². The lowest BCUT2D eigenvalue weighted by atomic mass is 9.97. The summed E-state index contributed by atoms with van der Waals surface area (Å²) in [6, 6.07) is 8.17. The van der Waals surface area contributed by atoms with Crippen LogP contribution in [0.4, 0.5) is 0 Å². The van der Waals surface area contributed by atoms with Crippen LogP contribution in [0.1, 0.15) is 42.9 Å². The van der Waals surface area contributed by atoms with E-state index in [1.807, 2.05) is 47.0 Å². The number of aromatic nitrogens is 2. The van der Waals surface area contributed by atoms with Crippen LogP contribution in [-0.2, 0) is 4.79 Å². The van der Waals surface area contributed by atoms with Crippen molar-refractivity contribution in [1.29, 1.82) is 0 Å². The first kappa shape index (κ1) is 16.6. The molecule has 1 unspecified atom stereocenters. The molecule has 5 nitrogen and oxygen atoms in total. The van der Waals surface area contributed by atoms with Gasteiger partial charge < -0.3 is 9.64 Å². The summed E-state index contributed by atoms with van der Waals surface area (Å²) in [4.78, 5) is 14.8. The van der Waals surface area contributed by atoms with Crippen LogP contribution in [0.5, 0.6) is 5.75 Å². The Labute approximate surface area is 143 Å². The summed E-state index contributed by atoms with van der Waals surface area (Å²) in [5.74, 6) is 0.835. The molecule has 128 valence electrons. The maximum atomic E-state index is 12.8. The van der Waals surface area contributed by atoms with Gasteiger partial charge in [-0.15, -0.1) is 0 Å². The van der Waals surface area contributed by atoms with E-state index < -0.39 is 0 Å². The number of carbonyl (C=O) groups is 1. The lowest BCUT2D eigenvalue weighted by molar-refractivity contribution is -0.133. The molecule has 0 N–H and O–H groups in total. The minimum atomic E-state index is -0.149. The van der Waals surface area contributed by atoms with Crippen molar-refractivity contribution in [3.8, 4) is 5.75 Å². The van der Waals surface area contributed by atoms with Gasteiger partial charge >= 0.3 is 0 Å². The molecule has 0 radical (unpaired) electrons. The van der Waals surface area contributed by atoms with E-state index in [0.717, 1.165) is 37.2 Å². The number of hydrogen-bond donors (Lipinski definition) is 0. The van der Waals surface area contributed by atoms with Crippen LogP contribution >= 0.6 is 0 Å². The molecule has 0 saturated carbocycles. The van der Waals surface area contributed by atoms with Crippen LogP contribution in [0.15, 0.2) is 36.7 Å². The Morgan fingerprint density at radius 3 is 2.71 bits per heavy atom. The predicted octanol–water partition coefficient (Wildman–Crippen LogP) is 3.17. The smallest absolute Gasteiger partial charge is 0.229 e. The van der Waals surface area contributed by atoms with Crippen LogP contribution in [0.3, 0.4) is 0 Å². The second-order valence-electron chi connectivity index (χ2n) is 6.55.